The van der Waals surface area contributed by atoms with Crippen LogP contribution in [0.3, 0.4) is 0 Å². The molecule has 4 heterocycles. The van der Waals surface area contributed by atoms with Gasteiger partial charge in [-0.25, -0.2) is 4.98 Å². The third-order valence-electron chi connectivity index (χ3n) is 7.81. The molecule has 0 radical (unpaired) electrons. The molecule has 0 amide bonds. The monoisotopic (exact) mass is 500 g/mol. The van der Waals surface area contributed by atoms with Crippen LogP contribution in [0.1, 0.15) is 0 Å². The van der Waals surface area contributed by atoms with Crippen molar-refractivity contribution >= 4 is 65.7 Å². The van der Waals surface area contributed by atoms with Gasteiger partial charge in [0, 0.05) is 37.9 Å². The minimum atomic E-state index is 0.747. The number of para-hydroxylation sites is 3. The number of nitrogens with zero attached hydrogens (tertiary/aromatic N) is 2. The molecule has 0 spiro atoms. The molecule has 9 rings (SSSR count). The van der Waals surface area contributed by atoms with Crippen LogP contribution in [-0.4, -0.2) is 9.55 Å². The molecule has 9 aromatic rings. The fourth-order valence-electron chi connectivity index (χ4n) is 6.08. The van der Waals surface area contributed by atoms with E-state index in [0.29, 0.717) is 0 Å². The largest absolute Gasteiger partial charge is 0.452 e. The van der Waals surface area contributed by atoms with E-state index in [1.54, 1.807) is 0 Å². The average Bonchev–Trinajstić information content (AvgIpc) is 3.67. The zero-order valence-corrected chi connectivity index (χ0v) is 20.8. The average molecular weight is 501 g/mol. The molecule has 4 aromatic heterocycles. The van der Waals surface area contributed by atoms with Crippen molar-refractivity contribution in [1.82, 2.24) is 9.55 Å². The molecule has 0 fully saturated rings. The maximum Gasteiger partial charge on any atom is 0.178 e. The van der Waals surface area contributed by atoms with Gasteiger partial charge in [0.2, 0.25) is 0 Å². The molecule has 0 N–H and O–H groups in total. The van der Waals surface area contributed by atoms with Gasteiger partial charge >= 0.3 is 0 Å². The van der Waals surface area contributed by atoms with Gasteiger partial charge in [-0.15, -0.1) is 0 Å². The maximum atomic E-state index is 6.66. The first kappa shape index (κ1) is 20.7. The fraction of sp³-hybridized carbons (Fsp3) is 0. The van der Waals surface area contributed by atoms with Crippen molar-refractivity contribution in [3.05, 3.63) is 121 Å². The van der Waals surface area contributed by atoms with Gasteiger partial charge in [-0.05, 0) is 36.4 Å². The summed E-state index contributed by atoms with van der Waals surface area (Å²) in [6, 6.07) is 41.9. The lowest BCUT2D eigenvalue weighted by Crippen LogP contribution is -1.99. The Morgan fingerprint density at radius 2 is 1.05 bits per heavy atom. The molecule has 0 saturated carbocycles. The van der Waals surface area contributed by atoms with Crippen LogP contribution in [0.4, 0.5) is 0 Å². The van der Waals surface area contributed by atoms with Crippen molar-refractivity contribution in [3.63, 3.8) is 0 Å². The highest BCUT2D eigenvalue weighted by Crippen LogP contribution is 2.42. The van der Waals surface area contributed by atoms with E-state index in [2.05, 4.69) is 89.5 Å². The van der Waals surface area contributed by atoms with Crippen molar-refractivity contribution in [2.45, 2.75) is 0 Å². The van der Waals surface area contributed by atoms with Crippen molar-refractivity contribution in [2.24, 2.45) is 0 Å². The van der Waals surface area contributed by atoms with Gasteiger partial charge in [0.15, 0.2) is 16.7 Å². The molecule has 0 aliphatic heterocycles. The van der Waals surface area contributed by atoms with E-state index in [4.69, 9.17) is 13.8 Å². The van der Waals surface area contributed by atoms with Gasteiger partial charge in [-0.1, -0.05) is 84.9 Å². The molecular weight excluding hydrogens is 480 g/mol. The predicted octanol–water partition coefficient (Wildman–Crippen LogP) is 9.64. The van der Waals surface area contributed by atoms with Gasteiger partial charge in [0.05, 0.1) is 11.0 Å². The van der Waals surface area contributed by atoms with E-state index >= 15 is 0 Å². The zero-order valence-electron chi connectivity index (χ0n) is 20.8. The molecule has 4 heteroatoms. The zero-order chi connectivity index (χ0) is 25.5. The van der Waals surface area contributed by atoms with Gasteiger partial charge in [-0.3, -0.25) is 4.57 Å². The third kappa shape index (κ3) is 2.80. The lowest BCUT2D eigenvalue weighted by Gasteiger charge is -2.10. The van der Waals surface area contributed by atoms with Crippen LogP contribution >= 0.6 is 0 Å². The second-order valence-electron chi connectivity index (χ2n) is 9.96. The second-order valence-corrected chi connectivity index (χ2v) is 9.96. The Bertz CT molecular complexity index is 2340. The third-order valence-corrected chi connectivity index (χ3v) is 7.81. The minimum absolute atomic E-state index is 0.747. The summed E-state index contributed by atoms with van der Waals surface area (Å²) in [5, 5.41) is 6.57. The summed E-state index contributed by atoms with van der Waals surface area (Å²) < 4.78 is 15.3. The van der Waals surface area contributed by atoms with Crippen LogP contribution < -0.4 is 0 Å². The van der Waals surface area contributed by atoms with Crippen molar-refractivity contribution in [1.29, 1.82) is 0 Å². The highest BCUT2D eigenvalue weighted by atomic mass is 16.4. The molecule has 0 bridgehead atoms. The highest BCUT2D eigenvalue weighted by Gasteiger charge is 2.22. The Morgan fingerprint density at radius 3 is 1.79 bits per heavy atom. The lowest BCUT2D eigenvalue weighted by molar-refractivity contribution is 0.633. The normalized spacial score (nSPS) is 12.1. The van der Waals surface area contributed by atoms with E-state index in [0.717, 1.165) is 72.0 Å². The molecule has 0 aliphatic rings. The lowest BCUT2D eigenvalue weighted by atomic mass is 10.1. The fourth-order valence-corrected chi connectivity index (χ4v) is 6.08. The summed E-state index contributed by atoms with van der Waals surface area (Å²) >= 11 is 0. The molecule has 39 heavy (non-hydrogen) atoms. The number of aromatic nitrogens is 2. The number of furan rings is 2. The number of fused-ring (bicyclic) bond motifs is 10. The number of hydrogen-bond acceptors (Lipinski definition) is 3. The van der Waals surface area contributed by atoms with Gasteiger partial charge in [0.1, 0.15) is 17.1 Å². The first-order valence-corrected chi connectivity index (χ1v) is 13.1. The van der Waals surface area contributed by atoms with Crippen LogP contribution in [0.25, 0.3) is 82.8 Å². The molecule has 0 saturated heterocycles. The van der Waals surface area contributed by atoms with Crippen LogP contribution in [-0.2, 0) is 0 Å². The molecule has 5 aromatic carbocycles. The standard InChI is InChI=1S/C35H20N2O2/c1-2-10-21(11-3-1)32-33-27(26-19-18-25-24-14-6-9-17-30(24)38-34(25)35(26)39-33)20-31(36-32)37-28-15-7-4-12-22(28)23-13-5-8-16-29(23)37/h1-20H. The highest BCUT2D eigenvalue weighted by molar-refractivity contribution is 6.20. The van der Waals surface area contributed by atoms with Crippen LogP contribution in [0.5, 0.6) is 0 Å². The molecule has 0 unspecified atom stereocenters. The predicted molar refractivity (Wildman–Crippen MR) is 159 cm³/mol. The van der Waals surface area contributed by atoms with Crippen LogP contribution in [0.2, 0.25) is 0 Å². The van der Waals surface area contributed by atoms with E-state index in [1.807, 2.05) is 36.4 Å². The number of pyridine rings is 1. The van der Waals surface area contributed by atoms with E-state index in [1.165, 1.54) is 10.8 Å². The smallest absolute Gasteiger partial charge is 0.178 e. The van der Waals surface area contributed by atoms with Crippen LogP contribution in [0.15, 0.2) is 130 Å². The Hall–Kier alpha value is -5.35. The number of hydrogen-bond donors (Lipinski definition) is 0. The SMILES string of the molecule is c1ccc(-c2nc(-n3c4ccccc4c4ccccc43)cc3c2oc2c3ccc3c4ccccc4oc32)cc1. The Morgan fingerprint density at radius 1 is 0.462 bits per heavy atom. The summed E-state index contributed by atoms with van der Waals surface area (Å²) in [4.78, 5) is 5.27. The first-order valence-electron chi connectivity index (χ1n) is 13.1. The molecular formula is C35H20N2O2. The molecule has 182 valence electrons. The molecule has 4 nitrogen and oxygen atoms in total. The van der Waals surface area contributed by atoms with E-state index in [-0.39, 0.29) is 0 Å². The van der Waals surface area contributed by atoms with Crippen molar-refractivity contribution in [3.8, 4) is 17.1 Å². The second kappa shape index (κ2) is 7.59. The number of rotatable bonds is 2. The first-order chi connectivity index (χ1) is 19.3. The van der Waals surface area contributed by atoms with Crippen molar-refractivity contribution < 1.29 is 8.83 Å². The van der Waals surface area contributed by atoms with Crippen LogP contribution in [0, 0.1) is 0 Å². The maximum absolute atomic E-state index is 6.66. The van der Waals surface area contributed by atoms with Gasteiger partial charge in [-0.2, -0.15) is 0 Å². The van der Waals surface area contributed by atoms with E-state index < -0.39 is 0 Å². The van der Waals surface area contributed by atoms with Gasteiger partial charge in [0.25, 0.3) is 0 Å². The topological polar surface area (TPSA) is 44.1 Å². The Balaban J connectivity index is 1.45. The van der Waals surface area contributed by atoms with Crippen molar-refractivity contribution in [2.75, 3.05) is 0 Å². The molecule has 0 aliphatic carbocycles. The summed E-state index contributed by atoms with van der Waals surface area (Å²) in [5.74, 6) is 0.853. The summed E-state index contributed by atoms with van der Waals surface area (Å²) in [6.45, 7) is 0. The number of benzene rings is 5. The quantitative estimate of drug-likeness (QED) is 0.237. The van der Waals surface area contributed by atoms with Gasteiger partial charge < -0.3 is 8.83 Å². The minimum Gasteiger partial charge on any atom is -0.452 e. The van der Waals surface area contributed by atoms with E-state index in [9.17, 15) is 0 Å². The Labute approximate surface area is 222 Å². The molecule has 0 atom stereocenters. The summed E-state index contributed by atoms with van der Waals surface area (Å²) in [5.41, 5.74) is 7.19. The Kier molecular flexibility index (Phi) is 4.02. The summed E-state index contributed by atoms with van der Waals surface area (Å²) in [7, 11) is 0. The summed E-state index contributed by atoms with van der Waals surface area (Å²) in [6.07, 6.45) is 0.